The smallest absolute Gasteiger partial charge is 0.285 e. The number of hydrogen-bond donors (Lipinski definition) is 2. The quantitative estimate of drug-likeness (QED) is 0.367. The van der Waals surface area contributed by atoms with E-state index in [-0.39, 0.29) is 22.7 Å². The Hall–Kier alpha value is -3.49. The van der Waals surface area contributed by atoms with Crippen LogP contribution in [-0.2, 0) is 11.3 Å². The van der Waals surface area contributed by atoms with E-state index in [0.29, 0.717) is 0 Å². The number of Topliss-reactive ketones (excluding diaryl/α,β-unsaturated/α-hetero) is 1. The second-order valence-corrected chi connectivity index (χ2v) is 4.95. The zero-order valence-corrected chi connectivity index (χ0v) is 12.6. The van der Waals surface area contributed by atoms with Gasteiger partial charge in [0.05, 0.1) is 23.4 Å². The number of nitrogens with one attached hydrogen (secondary N) is 1. The standard InChI is InChI=1S/C15H13N3O6/c1-9(19)16-12-6-10(2-4-13(12)20)14(21)8-17-7-11(18(23)24)3-5-15(17)22/h2-7,20H,8H2,1H3,(H,16,19). The third kappa shape index (κ3) is 3.83. The van der Waals surface area contributed by atoms with Crippen LogP contribution >= 0.6 is 0 Å². The first kappa shape index (κ1) is 16.9. The molecule has 0 bridgehead atoms. The number of carbonyl (C=O) groups excluding carboxylic acids is 2. The van der Waals surface area contributed by atoms with E-state index in [0.717, 1.165) is 22.9 Å². The number of amides is 1. The average molecular weight is 331 g/mol. The van der Waals surface area contributed by atoms with Crippen LogP contribution in [0.4, 0.5) is 11.4 Å². The molecular weight excluding hydrogens is 318 g/mol. The highest BCUT2D eigenvalue weighted by Gasteiger charge is 2.14. The van der Waals surface area contributed by atoms with Crippen molar-refractivity contribution in [3.8, 4) is 5.75 Å². The number of aromatic nitrogens is 1. The minimum Gasteiger partial charge on any atom is -0.506 e. The molecule has 1 amide bonds. The second kappa shape index (κ2) is 6.73. The fraction of sp³-hybridized carbons (Fsp3) is 0.133. The van der Waals surface area contributed by atoms with Crippen molar-refractivity contribution in [3.63, 3.8) is 0 Å². The van der Waals surface area contributed by atoms with Crippen molar-refractivity contribution in [1.29, 1.82) is 0 Å². The molecule has 9 heteroatoms. The summed E-state index contributed by atoms with van der Waals surface area (Å²) in [7, 11) is 0. The normalized spacial score (nSPS) is 10.2. The summed E-state index contributed by atoms with van der Waals surface area (Å²) >= 11 is 0. The number of hydrogen-bond acceptors (Lipinski definition) is 6. The first-order chi connectivity index (χ1) is 11.3. The van der Waals surface area contributed by atoms with Gasteiger partial charge in [-0.25, -0.2) is 0 Å². The minimum atomic E-state index is -0.671. The van der Waals surface area contributed by atoms with Gasteiger partial charge in [-0.05, 0) is 18.2 Å². The highest BCUT2D eigenvalue weighted by molar-refractivity contribution is 5.99. The Kier molecular flexibility index (Phi) is 4.73. The van der Waals surface area contributed by atoms with Gasteiger partial charge >= 0.3 is 0 Å². The number of pyridine rings is 1. The van der Waals surface area contributed by atoms with Crippen LogP contribution < -0.4 is 10.9 Å². The molecule has 0 atom stereocenters. The van der Waals surface area contributed by atoms with Crippen molar-refractivity contribution in [2.75, 3.05) is 5.32 Å². The molecule has 2 aromatic rings. The van der Waals surface area contributed by atoms with Crippen molar-refractivity contribution in [1.82, 2.24) is 4.57 Å². The molecule has 0 spiro atoms. The number of aromatic hydroxyl groups is 1. The molecule has 1 heterocycles. The summed E-state index contributed by atoms with van der Waals surface area (Å²) in [6, 6.07) is 5.88. The zero-order valence-electron chi connectivity index (χ0n) is 12.6. The van der Waals surface area contributed by atoms with Crippen molar-refractivity contribution < 1.29 is 19.6 Å². The molecule has 0 aliphatic carbocycles. The van der Waals surface area contributed by atoms with Gasteiger partial charge in [-0.2, -0.15) is 0 Å². The number of nitro groups is 1. The summed E-state index contributed by atoms with van der Waals surface area (Å²) in [5.74, 6) is -1.15. The minimum absolute atomic E-state index is 0.0553. The Morgan fingerprint density at radius 1 is 1.29 bits per heavy atom. The second-order valence-electron chi connectivity index (χ2n) is 4.95. The number of carbonyl (C=O) groups is 2. The molecule has 0 aliphatic heterocycles. The first-order valence-electron chi connectivity index (χ1n) is 6.76. The zero-order chi connectivity index (χ0) is 17.9. The summed E-state index contributed by atoms with van der Waals surface area (Å²) in [6.07, 6.45) is 0.982. The molecule has 24 heavy (non-hydrogen) atoms. The highest BCUT2D eigenvalue weighted by Crippen LogP contribution is 2.24. The molecule has 0 saturated carbocycles. The maximum atomic E-state index is 12.3. The lowest BCUT2D eigenvalue weighted by Gasteiger charge is -2.08. The fourth-order valence-electron chi connectivity index (χ4n) is 2.00. The van der Waals surface area contributed by atoms with E-state index in [1.165, 1.54) is 25.1 Å². The van der Waals surface area contributed by atoms with Crippen LogP contribution in [0.25, 0.3) is 0 Å². The van der Waals surface area contributed by atoms with Crippen LogP contribution in [0.1, 0.15) is 17.3 Å². The number of phenols is 1. The number of anilines is 1. The van der Waals surface area contributed by atoms with Gasteiger partial charge in [0.1, 0.15) is 5.75 Å². The van der Waals surface area contributed by atoms with Gasteiger partial charge in [0.25, 0.3) is 11.2 Å². The Labute approximate surface area is 135 Å². The Morgan fingerprint density at radius 2 is 2.00 bits per heavy atom. The maximum Gasteiger partial charge on any atom is 0.285 e. The van der Waals surface area contributed by atoms with Crippen molar-refractivity contribution in [2.45, 2.75) is 13.5 Å². The van der Waals surface area contributed by atoms with Crippen LogP contribution in [0.15, 0.2) is 41.3 Å². The Bertz CT molecular complexity index is 887. The Balaban J connectivity index is 2.30. The maximum absolute atomic E-state index is 12.3. The molecule has 0 saturated heterocycles. The molecule has 1 aromatic heterocycles. The predicted octanol–water partition coefficient (Wildman–Crippen LogP) is 1.30. The van der Waals surface area contributed by atoms with E-state index >= 15 is 0 Å². The van der Waals surface area contributed by atoms with Gasteiger partial charge in [-0.1, -0.05) is 0 Å². The van der Waals surface area contributed by atoms with Crippen molar-refractivity contribution in [2.24, 2.45) is 0 Å². The average Bonchev–Trinajstić information content (AvgIpc) is 2.50. The molecule has 0 fully saturated rings. The topological polar surface area (TPSA) is 132 Å². The highest BCUT2D eigenvalue weighted by atomic mass is 16.6. The summed E-state index contributed by atoms with van der Waals surface area (Å²) in [6.45, 7) is 0.835. The summed E-state index contributed by atoms with van der Waals surface area (Å²) < 4.78 is 0.922. The van der Waals surface area contributed by atoms with Gasteiger partial charge in [-0.3, -0.25) is 24.5 Å². The van der Waals surface area contributed by atoms with E-state index in [1.807, 2.05) is 0 Å². The lowest BCUT2D eigenvalue weighted by Crippen LogP contribution is -2.23. The number of phenolic OH excluding ortho intramolecular Hbond substituents is 1. The fourth-order valence-corrected chi connectivity index (χ4v) is 2.00. The lowest BCUT2D eigenvalue weighted by molar-refractivity contribution is -0.385. The van der Waals surface area contributed by atoms with Crippen LogP contribution in [-0.4, -0.2) is 26.3 Å². The monoisotopic (exact) mass is 331 g/mol. The molecule has 9 nitrogen and oxygen atoms in total. The van der Waals surface area contributed by atoms with E-state index in [9.17, 15) is 29.6 Å². The SMILES string of the molecule is CC(=O)Nc1cc(C(=O)Cn2cc([N+](=O)[O-])ccc2=O)ccc1O. The molecule has 2 N–H and O–H groups in total. The Morgan fingerprint density at radius 3 is 2.62 bits per heavy atom. The predicted molar refractivity (Wildman–Crippen MR) is 84.1 cm³/mol. The third-order valence-corrected chi connectivity index (χ3v) is 3.12. The van der Waals surface area contributed by atoms with Gasteiger partial charge in [0, 0.05) is 24.6 Å². The molecular formula is C15H13N3O6. The lowest BCUT2D eigenvalue weighted by atomic mass is 10.1. The molecule has 0 unspecified atom stereocenters. The van der Waals surface area contributed by atoms with E-state index in [1.54, 1.807) is 0 Å². The van der Waals surface area contributed by atoms with Gasteiger partial charge < -0.3 is 15.0 Å². The summed E-state index contributed by atoms with van der Waals surface area (Å²) in [4.78, 5) is 45.1. The molecule has 0 aliphatic rings. The van der Waals surface area contributed by atoms with Crippen LogP contribution in [0.2, 0.25) is 0 Å². The van der Waals surface area contributed by atoms with Crippen LogP contribution in [0.5, 0.6) is 5.75 Å². The first-order valence-corrected chi connectivity index (χ1v) is 6.76. The van der Waals surface area contributed by atoms with Crippen molar-refractivity contribution >= 4 is 23.1 Å². The molecule has 1 aromatic carbocycles. The van der Waals surface area contributed by atoms with Gasteiger partial charge in [-0.15, -0.1) is 0 Å². The number of benzene rings is 1. The number of rotatable bonds is 5. The van der Waals surface area contributed by atoms with E-state index in [2.05, 4.69) is 5.32 Å². The molecule has 124 valence electrons. The van der Waals surface area contributed by atoms with Crippen molar-refractivity contribution in [3.05, 3.63) is 62.6 Å². The largest absolute Gasteiger partial charge is 0.506 e. The van der Waals surface area contributed by atoms with Crippen LogP contribution in [0.3, 0.4) is 0 Å². The number of nitrogens with zero attached hydrogens (tertiary/aromatic N) is 2. The summed E-state index contributed by atoms with van der Waals surface area (Å²) in [5.41, 5.74) is -0.684. The molecule has 2 rings (SSSR count). The van der Waals surface area contributed by atoms with E-state index < -0.39 is 28.7 Å². The summed E-state index contributed by atoms with van der Waals surface area (Å²) in [5, 5.41) is 22.8. The van der Waals surface area contributed by atoms with Gasteiger partial charge in [0.2, 0.25) is 5.91 Å². The van der Waals surface area contributed by atoms with E-state index in [4.69, 9.17) is 0 Å². The molecule has 0 radical (unpaired) electrons. The van der Waals surface area contributed by atoms with Gasteiger partial charge in [0.15, 0.2) is 5.78 Å². The number of ketones is 1. The van der Waals surface area contributed by atoms with Crippen LogP contribution in [0, 0.1) is 10.1 Å². The third-order valence-electron chi connectivity index (χ3n) is 3.12.